The molecular weight excluding hydrogens is 324 g/mol. The summed E-state index contributed by atoms with van der Waals surface area (Å²) in [4.78, 5) is 34.8. The lowest BCUT2D eigenvalue weighted by Crippen LogP contribution is -2.24. The zero-order valence-electron chi connectivity index (χ0n) is 14.4. The Hall–Kier alpha value is -2.96. The first kappa shape index (κ1) is 20.1. The van der Waals surface area contributed by atoms with Crippen LogP contribution in [0.1, 0.15) is 36.5 Å². The highest BCUT2D eigenvalue weighted by Gasteiger charge is 2.12. The van der Waals surface area contributed by atoms with Gasteiger partial charge in [-0.25, -0.2) is 15.0 Å². The van der Waals surface area contributed by atoms with Crippen molar-refractivity contribution in [2.45, 2.75) is 26.2 Å². The van der Waals surface area contributed by atoms with Crippen LogP contribution in [0.3, 0.4) is 0 Å². The first-order valence-corrected chi connectivity index (χ1v) is 7.92. The lowest BCUT2D eigenvalue weighted by Gasteiger charge is -2.05. The SMILES string of the molecule is CCOC(=O)/C=C/CCC/C(=N/NC(=O)c1ccccc1)C(=O)OC. The van der Waals surface area contributed by atoms with Crippen LogP contribution in [0.2, 0.25) is 0 Å². The van der Waals surface area contributed by atoms with E-state index < -0.39 is 17.8 Å². The highest BCUT2D eigenvalue weighted by molar-refractivity contribution is 6.36. The summed E-state index contributed by atoms with van der Waals surface area (Å²) in [6.45, 7) is 2.05. The number of nitrogens with zero attached hydrogens (tertiary/aromatic N) is 1. The lowest BCUT2D eigenvalue weighted by molar-refractivity contribution is -0.137. The van der Waals surface area contributed by atoms with E-state index in [0.29, 0.717) is 31.4 Å². The molecule has 7 nitrogen and oxygen atoms in total. The fraction of sp³-hybridized carbons (Fsp3) is 0.333. The minimum absolute atomic E-state index is 0.108. The summed E-state index contributed by atoms with van der Waals surface area (Å²) in [5.74, 6) is -1.42. The molecule has 0 saturated heterocycles. The highest BCUT2D eigenvalue weighted by Crippen LogP contribution is 2.02. The minimum Gasteiger partial charge on any atom is -0.464 e. The van der Waals surface area contributed by atoms with Gasteiger partial charge in [-0.15, -0.1) is 0 Å². The maximum absolute atomic E-state index is 11.9. The fourth-order valence-corrected chi connectivity index (χ4v) is 1.85. The molecule has 0 unspecified atom stereocenters. The van der Waals surface area contributed by atoms with Crippen LogP contribution in [0, 0.1) is 0 Å². The van der Waals surface area contributed by atoms with Crippen molar-refractivity contribution in [2.75, 3.05) is 13.7 Å². The Bertz CT molecular complexity index is 638. The number of hydrogen-bond acceptors (Lipinski definition) is 6. The lowest BCUT2D eigenvalue weighted by atomic mass is 10.1. The topological polar surface area (TPSA) is 94.1 Å². The van der Waals surface area contributed by atoms with E-state index >= 15 is 0 Å². The summed E-state index contributed by atoms with van der Waals surface area (Å²) in [5.41, 5.74) is 2.89. The molecule has 0 aliphatic heterocycles. The predicted molar refractivity (Wildman–Crippen MR) is 93.0 cm³/mol. The van der Waals surface area contributed by atoms with Crippen molar-refractivity contribution >= 4 is 23.6 Å². The third kappa shape index (κ3) is 7.92. The molecular formula is C18H22N2O5. The number of esters is 2. The van der Waals surface area contributed by atoms with Crippen LogP contribution in [0.4, 0.5) is 0 Å². The number of benzene rings is 1. The van der Waals surface area contributed by atoms with Gasteiger partial charge >= 0.3 is 11.9 Å². The molecule has 25 heavy (non-hydrogen) atoms. The van der Waals surface area contributed by atoms with Crippen molar-refractivity contribution in [2.24, 2.45) is 5.10 Å². The number of amides is 1. The summed E-state index contributed by atoms with van der Waals surface area (Å²) in [6, 6.07) is 8.54. The smallest absolute Gasteiger partial charge is 0.354 e. The molecule has 7 heteroatoms. The van der Waals surface area contributed by atoms with E-state index in [0.717, 1.165) is 0 Å². The number of carbonyl (C=O) groups is 3. The monoisotopic (exact) mass is 346 g/mol. The van der Waals surface area contributed by atoms with E-state index in [4.69, 9.17) is 4.74 Å². The first-order valence-electron chi connectivity index (χ1n) is 7.92. The van der Waals surface area contributed by atoms with Gasteiger partial charge in [0.2, 0.25) is 0 Å². The molecule has 1 aromatic carbocycles. The van der Waals surface area contributed by atoms with Crippen LogP contribution in [0.15, 0.2) is 47.6 Å². The van der Waals surface area contributed by atoms with E-state index in [-0.39, 0.29) is 5.71 Å². The minimum atomic E-state index is -0.609. The quantitative estimate of drug-likeness (QED) is 0.243. The third-order valence-electron chi connectivity index (χ3n) is 3.07. The van der Waals surface area contributed by atoms with Crippen molar-refractivity contribution in [3.05, 3.63) is 48.0 Å². The van der Waals surface area contributed by atoms with Crippen LogP contribution in [0.5, 0.6) is 0 Å². The maximum Gasteiger partial charge on any atom is 0.354 e. The fourth-order valence-electron chi connectivity index (χ4n) is 1.85. The Morgan fingerprint density at radius 3 is 2.56 bits per heavy atom. The van der Waals surface area contributed by atoms with Crippen molar-refractivity contribution in [1.82, 2.24) is 5.43 Å². The number of rotatable bonds is 9. The van der Waals surface area contributed by atoms with Crippen LogP contribution < -0.4 is 5.43 Å². The number of allylic oxidation sites excluding steroid dienone is 1. The number of methoxy groups -OCH3 is 1. The zero-order chi connectivity index (χ0) is 18.5. The second-order valence-corrected chi connectivity index (χ2v) is 4.90. The van der Waals surface area contributed by atoms with Gasteiger partial charge in [0, 0.05) is 11.6 Å². The van der Waals surface area contributed by atoms with E-state index in [9.17, 15) is 14.4 Å². The molecule has 0 bridgehead atoms. The molecule has 0 radical (unpaired) electrons. The summed E-state index contributed by atoms with van der Waals surface area (Å²) in [5, 5.41) is 3.86. The molecule has 134 valence electrons. The predicted octanol–water partition coefficient (Wildman–Crippen LogP) is 2.24. The van der Waals surface area contributed by atoms with Gasteiger partial charge in [0.1, 0.15) is 5.71 Å². The number of nitrogens with one attached hydrogen (secondary N) is 1. The molecule has 0 fully saturated rings. The number of hydrazone groups is 1. The largest absolute Gasteiger partial charge is 0.464 e. The maximum atomic E-state index is 11.9. The van der Waals surface area contributed by atoms with Crippen LogP contribution in [-0.2, 0) is 19.1 Å². The molecule has 1 amide bonds. The average Bonchev–Trinajstić information content (AvgIpc) is 2.64. The van der Waals surface area contributed by atoms with Gasteiger partial charge < -0.3 is 9.47 Å². The third-order valence-corrected chi connectivity index (χ3v) is 3.07. The molecule has 0 heterocycles. The van der Waals surface area contributed by atoms with Crippen LogP contribution >= 0.6 is 0 Å². The van der Waals surface area contributed by atoms with E-state index in [2.05, 4.69) is 15.3 Å². The van der Waals surface area contributed by atoms with Crippen LogP contribution in [-0.4, -0.2) is 37.3 Å². The molecule has 0 atom stereocenters. The summed E-state index contributed by atoms with van der Waals surface area (Å²) >= 11 is 0. The average molecular weight is 346 g/mol. The molecule has 1 rings (SSSR count). The standard InChI is InChI=1S/C18H22N2O5/c1-3-25-16(21)13-9-5-8-12-15(18(23)24-2)19-20-17(22)14-10-6-4-7-11-14/h4,6-7,9-11,13H,3,5,8,12H2,1-2H3,(H,20,22)/b13-9+,19-15-. The Morgan fingerprint density at radius 2 is 1.92 bits per heavy atom. The van der Waals surface area contributed by atoms with Gasteiger partial charge in [-0.1, -0.05) is 24.3 Å². The van der Waals surface area contributed by atoms with Gasteiger partial charge in [-0.05, 0) is 38.3 Å². The molecule has 0 saturated carbocycles. The molecule has 0 aromatic heterocycles. The van der Waals surface area contributed by atoms with Crippen molar-refractivity contribution in [3.8, 4) is 0 Å². The molecule has 0 aliphatic rings. The van der Waals surface area contributed by atoms with Crippen LogP contribution in [0.25, 0.3) is 0 Å². The summed E-state index contributed by atoms with van der Waals surface area (Å²) in [6.07, 6.45) is 4.42. The molecule has 0 aliphatic carbocycles. The second-order valence-electron chi connectivity index (χ2n) is 4.90. The van der Waals surface area contributed by atoms with E-state index in [1.165, 1.54) is 13.2 Å². The van der Waals surface area contributed by atoms with Crippen molar-refractivity contribution in [3.63, 3.8) is 0 Å². The normalized spacial score (nSPS) is 11.2. The van der Waals surface area contributed by atoms with Gasteiger partial charge in [0.15, 0.2) is 0 Å². The van der Waals surface area contributed by atoms with Gasteiger partial charge in [0.05, 0.1) is 13.7 Å². The molecule has 0 spiro atoms. The Morgan fingerprint density at radius 1 is 1.20 bits per heavy atom. The van der Waals surface area contributed by atoms with E-state index in [1.54, 1.807) is 43.3 Å². The first-order chi connectivity index (χ1) is 12.1. The number of unbranched alkanes of at least 4 members (excludes halogenated alkanes) is 1. The Labute approximate surface area is 146 Å². The highest BCUT2D eigenvalue weighted by atomic mass is 16.5. The Kier molecular flexibility index (Phi) is 9.28. The number of hydrogen-bond donors (Lipinski definition) is 1. The molecule has 1 aromatic rings. The Balaban J connectivity index is 2.55. The van der Waals surface area contributed by atoms with Gasteiger partial charge in [-0.2, -0.15) is 5.10 Å². The second kappa shape index (κ2) is 11.6. The summed E-state index contributed by atoms with van der Waals surface area (Å²) < 4.78 is 9.43. The number of carbonyl (C=O) groups excluding carboxylic acids is 3. The van der Waals surface area contributed by atoms with Gasteiger partial charge in [-0.3, -0.25) is 4.79 Å². The summed E-state index contributed by atoms with van der Waals surface area (Å²) in [7, 11) is 1.25. The van der Waals surface area contributed by atoms with Crippen molar-refractivity contribution < 1.29 is 23.9 Å². The zero-order valence-corrected chi connectivity index (χ0v) is 14.4. The molecule has 1 N–H and O–H groups in total. The van der Waals surface area contributed by atoms with E-state index in [1.807, 2.05) is 0 Å². The number of ether oxygens (including phenoxy) is 2. The van der Waals surface area contributed by atoms with Gasteiger partial charge in [0.25, 0.3) is 5.91 Å². The van der Waals surface area contributed by atoms with Crippen molar-refractivity contribution in [1.29, 1.82) is 0 Å².